The fraction of sp³-hybridized carbons (Fsp3) is 0.458. The fourth-order valence-corrected chi connectivity index (χ4v) is 3.41. The molecule has 1 unspecified atom stereocenters. The third-order valence-corrected chi connectivity index (χ3v) is 4.85. The summed E-state index contributed by atoms with van der Waals surface area (Å²) in [6, 6.07) is 11.4. The van der Waals surface area contributed by atoms with Crippen molar-refractivity contribution >= 4 is 12.0 Å². The normalized spacial score (nSPS) is 15.0. The molecule has 1 N–H and O–H groups in total. The Morgan fingerprint density at radius 1 is 1.19 bits per heavy atom. The Balaban J connectivity index is 1.48. The number of carbonyl (C=O) groups excluding carboxylic acids is 2. The van der Waals surface area contributed by atoms with Crippen molar-refractivity contribution in [2.24, 2.45) is 0 Å². The molecule has 0 saturated carbocycles. The number of hydrogen-bond donors (Lipinski definition) is 1. The van der Waals surface area contributed by atoms with Crippen molar-refractivity contribution in [3.05, 3.63) is 59.9 Å². The van der Waals surface area contributed by atoms with E-state index in [-0.39, 0.29) is 18.1 Å². The SMILES string of the molecule is CC(C)(C)OC(=O)N(CCCCNC(=O)c1cccnc1)CC1Cc2ccccc2O1. The number of nitrogens with one attached hydrogen (secondary N) is 1. The van der Waals surface area contributed by atoms with E-state index in [4.69, 9.17) is 9.47 Å². The molecule has 2 amide bonds. The van der Waals surface area contributed by atoms with Crippen LogP contribution in [0.15, 0.2) is 48.8 Å². The van der Waals surface area contributed by atoms with E-state index in [0.717, 1.165) is 30.6 Å². The van der Waals surface area contributed by atoms with Gasteiger partial charge in [0, 0.05) is 31.9 Å². The maximum Gasteiger partial charge on any atom is 0.410 e. The van der Waals surface area contributed by atoms with Crippen molar-refractivity contribution < 1.29 is 19.1 Å². The van der Waals surface area contributed by atoms with Gasteiger partial charge in [-0.25, -0.2) is 4.79 Å². The van der Waals surface area contributed by atoms with Crippen molar-refractivity contribution in [1.82, 2.24) is 15.2 Å². The maximum absolute atomic E-state index is 12.7. The van der Waals surface area contributed by atoms with Gasteiger partial charge in [-0.1, -0.05) is 18.2 Å². The van der Waals surface area contributed by atoms with E-state index >= 15 is 0 Å². The predicted molar refractivity (Wildman–Crippen MR) is 118 cm³/mol. The van der Waals surface area contributed by atoms with Gasteiger partial charge < -0.3 is 19.7 Å². The lowest BCUT2D eigenvalue weighted by Gasteiger charge is -2.29. The molecule has 0 saturated heterocycles. The average Bonchev–Trinajstić information content (AvgIpc) is 3.14. The molecule has 3 rings (SSSR count). The molecule has 0 spiro atoms. The van der Waals surface area contributed by atoms with E-state index in [1.165, 1.54) is 0 Å². The Hall–Kier alpha value is -3.09. The van der Waals surface area contributed by atoms with Gasteiger partial charge in [0.2, 0.25) is 0 Å². The van der Waals surface area contributed by atoms with Gasteiger partial charge in [-0.3, -0.25) is 9.78 Å². The van der Waals surface area contributed by atoms with Crippen molar-refractivity contribution in [3.63, 3.8) is 0 Å². The first-order valence-corrected chi connectivity index (χ1v) is 10.7. The third-order valence-electron chi connectivity index (χ3n) is 4.85. The highest BCUT2D eigenvalue weighted by molar-refractivity contribution is 5.93. The molecule has 0 aliphatic carbocycles. The van der Waals surface area contributed by atoms with Gasteiger partial charge in [0.05, 0.1) is 12.1 Å². The van der Waals surface area contributed by atoms with Gasteiger partial charge in [0.1, 0.15) is 17.5 Å². The van der Waals surface area contributed by atoms with Crippen molar-refractivity contribution in [2.45, 2.75) is 51.7 Å². The minimum absolute atomic E-state index is 0.0878. The van der Waals surface area contributed by atoms with Crippen LogP contribution in [0.2, 0.25) is 0 Å². The Bertz CT molecular complexity index is 855. The lowest BCUT2D eigenvalue weighted by Crippen LogP contribution is -2.43. The van der Waals surface area contributed by atoms with E-state index in [0.29, 0.717) is 25.2 Å². The number of carbonyl (C=O) groups is 2. The number of ether oxygens (including phenoxy) is 2. The lowest BCUT2D eigenvalue weighted by molar-refractivity contribution is 0.0179. The van der Waals surface area contributed by atoms with Crippen LogP contribution < -0.4 is 10.1 Å². The molecule has 7 nitrogen and oxygen atoms in total. The largest absolute Gasteiger partial charge is 0.488 e. The summed E-state index contributed by atoms with van der Waals surface area (Å²) in [6.07, 6.45) is 5.01. The number of amides is 2. The van der Waals surface area contributed by atoms with E-state index in [2.05, 4.69) is 16.4 Å². The lowest BCUT2D eigenvalue weighted by atomic mass is 10.1. The van der Waals surface area contributed by atoms with Crippen LogP contribution in [-0.2, 0) is 11.2 Å². The summed E-state index contributed by atoms with van der Waals surface area (Å²) >= 11 is 0. The first-order valence-electron chi connectivity index (χ1n) is 10.7. The first kappa shape index (κ1) is 22.6. The second-order valence-corrected chi connectivity index (χ2v) is 8.68. The zero-order valence-corrected chi connectivity index (χ0v) is 18.5. The zero-order chi connectivity index (χ0) is 22.3. The number of benzene rings is 1. The van der Waals surface area contributed by atoms with Crippen LogP contribution in [0.3, 0.4) is 0 Å². The van der Waals surface area contributed by atoms with Gasteiger partial charge in [-0.2, -0.15) is 0 Å². The number of fused-ring (bicyclic) bond motifs is 1. The first-order chi connectivity index (χ1) is 14.8. The van der Waals surface area contributed by atoms with Crippen molar-refractivity contribution in [2.75, 3.05) is 19.6 Å². The number of hydrogen-bond acceptors (Lipinski definition) is 5. The number of aromatic nitrogens is 1. The second-order valence-electron chi connectivity index (χ2n) is 8.68. The predicted octanol–water partition coefficient (Wildman–Crippen LogP) is 3.83. The van der Waals surface area contributed by atoms with Crippen LogP contribution in [0.25, 0.3) is 0 Å². The van der Waals surface area contributed by atoms with Crippen LogP contribution in [0.4, 0.5) is 4.79 Å². The van der Waals surface area contributed by atoms with Crippen LogP contribution >= 0.6 is 0 Å². The number of pyridine rings is 1. The number of para-hydroxylation sites is 1. The number of nitrogens with zero attached hydrogens (tertiary/aromatic N) is 2. The molecule has 31 heavy (non-hydrogen) atoms. The van der Waals surface area contributed by atoms with Gasteiger partial charge in [0.25, 0.3) is 5.91 Å². The van der Waals surface area contributed by atoms with Crippen LogP contribution in [0, 0.1) is 0 Å². The van der Waals surface area contributed by atoms with Crippen LogP contribution in [0.5, 0.6) is 5.75 Å². The topological polar surface area (TPSA) is 80.8 Å². The standard InChI is InChI=1S/C24H31N3O4/c1-24(2,3)31-23(29)27(17-20-15-18-9-4-5-11-21(18)30-20)14-7-6-13-26-22(28)19-10-8-12-25-16-19/h4-5,8-12,16,20H,6-7,13-15,17H2,1-3H3,(H,26,28). The number of rotatable bonds is 8. The van der Waals surface area contributed by atoms with E-state index in [9.17, 15) is 9.59 Å². The minimum atomic E-state index is -0.563. The fourth-order valence-electron chi connectivity index (χ4n) is 3.41. The molecular weight excluding hydrogens is 394 g/mol. The summed E-state index contributed by atoms with van der Waals surface area (Å²) < 4.78 is 11.6. The summed E-state index contributed by atoms with van der Waals surface area (Å²) in [5.41, 5.74) is 1.14. The van der Waals surface area contributed by atoms with Gasteiger partial charge in [-0.15, -0.1) is 0 Å². The summed E-state index contributed by atoms with van der Waals surface area (Å²) in [5, 5.41) is 2.89. The molecular formula is C24H31N3O4. The Labute approximate surface area is 183 Å². The molecule has 0 fully saturated rings. The second kappa shape index (κ2) is 10.3. The Morgan fingerprint density at radius 2 is 2.00 bits per heavy atom. The molecule has 1 aliphatic rings. The minimum Gasteiger partial charge on any atom is -0.488 e. The number of unbranched alkanes of at least 4 members (excludes halogenated alkanes) is 1. The summed E-state index contributed by atoms with van der Waals surface area (Å²) in [5.74, 6) is 0.740. The molecule has 1 aromatic carbocycles. The molecule has 0 bridgehead atoms. The monoisotopic (exact) mass is 425 g/mol. The third kappa shape index (κ3) is 6.98. The highest BCUT2D eigenvalue weighted by Crippen LogP contribution is 2.28. The van der Waals surface area contributed by atoms with Gasteiger partial charge >= 0.3 is 6.09 Å². The van der Waals surface area contributed by atoms with Gasteiger partial charge in [0.15, 0.2) is 0 Å². The quantitative estimate of drug-likeness (QED) is 0.650. The smallest absolute Gasteiger partial charge is 0.410 e. The molecule has 0 radical (unpaired) electrons. The molecule has 2 heterocycles. The Kier molecular flexibility index (Phi) is 7.50. The van der Waals surface area contributed by atoms with Gasteiger partial charge in [-0.05, 0) is 57.4 Å². The molecule has 166 valence electrons. The maximum atomic E-state index is 12.7. The summed E-state index contributed by atoms with van der Waals surface area (Å²) in [6.45, 7) is 7.11. The average molecular weight is 426 g/mol. The molecule has 1 atom stereocenters. The van der Waals surface area contributed by atoms with Crippen molar-refractivity contribution in [3.8, 4) is 5.75 Å². The molecule has 7 heteroatoms. The van der Waals surface area contributed by atoms with E-state index in [1.807, 2.05) is 39.0 Å². The van der Waals surface area contributed by atoms with Crippen molar-refractivity contribution in [1.29, 1.82) is 0 Å². The zero-order valence-electron chi connectivity index (χ0n) is 18.5. The van der Waals surface area contributed by atoms with Crippen LogP contribution in [-0.4, -0.2) is 53.2 Å². The molecule has 1 aromatic heterocycles. The van der Waals surface area contributed by atoms with E-state index in [1.54, 1.807) is 29.4 Å². The van der Waals surface area contributed by atoms with Crippen LogP contribution in [0.1, 0.15) is 49.5 Å². The Morgan fingerprint density at radius 3 is 2.71 bits per heavy atom. The highest BCUT2D eigenvalue weighted by Gasteiger charge is 2.29. The highest BCUT2D eigenvalue weighted by atomic mass is 16.6. The summed E-state index contributed by atoms with van der Waals surface area (Å²) in [7, 11) is 0. The van der Waals surface area contributed by atoms with E-state index < -0.39 is 5.60 Å². The summed E-state index contributed by atoms with van der Waals surface area (Å²) in [4.78, 5) is 30.5. The molecule has 1 aliphatic heterocycles. The molecule has 2 aromatic rings.